The van der Waals surface area contributed by atoms with Gasteiger partial charge in [-0.3, -0.25) is 0 Å². The van der Waals surface area contributed by atoms with Crippen molar-refractivity contribution in [2.75, 3.05) is 13.2 Å². The number of ether oxygens (including phenoxy) is 1. The van der Waals surface area contributed by atoms with Gasteiger partial charge in [-0.05, 0) is 10.8 Å². The van der Waals surface area contributed by atoms with Crippen molar-refractivity contribution in [2.24, 2.45) is 0 Å². The van der Waals surface area contributed by atoms with E-state index in [0.29, 0.717) is 6.61 Å². The summed E-state index contributed by atoms with van der Waals surface area (Å²) in [4.78, 5) is 1.34. The van der Waals surface area contributed by atoms with E-state index in [1.807, 2.05) is 30.3 Å². The Morgan fingerprint density at radius 3 is 2.76 bits per heavy atom. The molecule has 6 nitrogen and oxygen atoms in total. The Labute approximate surface area is 97.8 Å². The number of benzene rings is 1. The number of rotatable bonds is 3. The highest BCUT2D eigenvalue weighted by molar-refractivity contribution is 5.24. The van der Waals surface area contributed by atoms with Gasteiger partial charge in [0.05, 0.1) is 19.1 Å². The second kappa shape index (κ2) is 3.90. The third-order valence-corrected chi connectivity index (χ3v) is 3.16. The summed E-state index contributed by atoms with van der Waals surface area (Å²) >= 11 is 0. The minimum absolute atomic E-state index is 0.0444. The van der Waals surface area contributed by atoms with E-state index in [0.717, 1.165) is 5.56 Å². The zero-order chi connectivity index (χ0) is 11.7. The molecule has 0 spiro atoms. The van der Waals surface area contributed by atoms with Crippen LogP contribution in [-0.4, -0.2) is 38.5 Å². The minimum atomic E-state index is -0.905. The number of aliphatic hydroxyl groups excluding tert-OH is 1. The molecule has 0 aliphatic carbocycles. The smallest absolute Gasteiger partial charge is 0.213 e. The summed E-state index contributed by atoms with van der Waals surface area (Å²) in [6, 6.07) is 9.90. The summed E-state index contributed by atoms with van der Waals surface area (Å²) in [5, 5.41) is 21.0. The van der Waals surface area contributed by atoms with Gasteiger partial charge in [-0.15, -0.1) is 15.0 Å². The van der Waals surface area contributed by atoms with Crippen molar-refractivity contribution in [3.63, 3.8) is 0 Å². The number of tetrazole rings is 1. The van der Waals surface area contributed by atoms with E-state index in [1.54, 1.807) is 0 Å². The lowest BCUT2D eigenvalue weighted by molar-refractivity contribution is -0.259. The van der Waals surface area contributed by atoms with Gasteiger partial charge in [0.25, 0.3) is 0 Å². The molecule has 1 aromatic heterocycles. The van der Waals surface area contributed by atoms with E-state index < -0.39 is 5.72 Å². The summed E-state index contributed by atoms with van der Waals surface area (Å²) < 4.78 is 5.53. The molecule has 2 aromatic rings. The summed E-state index contributed by atoms with van der Waals surface area (Å²) in [6.45, 7) is 0.370. The van der Waals surface area contributed by atoms with Crippen LogP contribution in [0, 0.1) is 0 Å². The minimum Gasteiger partial charge on any atom is -0.391 e. The molecule has 0 radical (unpaired) electrons. The summed E-state index contributed by atoms with van der Waals surface area (Å²) in [6.07, 6.45) is 1.33. The van der Waals surface area contributed by atoms with Crippen LogP contribution in [0.3, 0.4) is 0 Å². The largest absolute Gasteiger partial charge is 0.391 e. The van der Waals surface area contributed by atoms with Crippen molar-refractivity contribution < 1.29 is 9.84 Å². The molecular formula is C11H12N4O2. The topological polar surface area (TPSA) is 73.1 Å². The number of aromatic nitrogens is 4. The van der Waals surface area contributed by atoms with Crippen LogP contribution in [0.4, 0.5) is 0 Å². The van der Waals surface area contributed by atoms with Gasteiger partial charge in [0.2, 0.25) is 5.72 Å². The predicted molar refractivity (Wildman–Crippen MR) is 58.0 cm³/mol. The first-order valence-electron chi connectivity index (χ1n) is 5.40. The normalized spacial score (nSPS) is 27.7. The third-order valence-electron chi connectivity index (χ3n) is 3.16. The van der Waals surface area contributed by atoms with Crippen LogP contribution in [0.5, 0.6) is 0 Å². The molecule has 17 heavy (non-hydrogen) atoms. The Kier molecular flexibility index (Phi) is 2.38. The summed E-state index contributed by atoms with van der Waals surface area (Å²) in [7, 11) is 0. The van der Waals surface area contributed by atoms with Gasteiger partial charge in [-0.2, -0.15) is 0 Å². The summed E-state index contributed by atoms with van der Waals surface area (Å²) in [5.74, 6) is 0.0444. The van der Waals surface area contributed by atoms with E-state index in [4.69, 9.17) is 4.74 Å². The number of hydrogen-bond donors (Lipinski definition) is 1. The van der Waals surface area contributed by atoms with Gasteiger partial charge in [0, 0.05) is 0 Å². The van der Waals surface area contributed by atoms with Crippen LogP contribution in [0.1, 0.15) is 11.5 Å². The van der Waals surface area contributed by atoms with Crippen LogP contribution in [0.2, 0.25) is 0 Å². The molecule has 0 bridgehead atoms. The van der Waals surface area contributed by atoms with Gasteiger partial charge in [-0.1, -0.05) is 30.3 Å². The Balaban J connectivity index is 1.98. The molecule has 88 valence electrons. The van der Waals surface area contributed by atoms with Gasteiger partial charge >= 0.3 is 0 Å². The lowest BCUT2D eigenvalue weighted by Crippen LogP contribution is -2.57. The zero-order valence-electron chi connectivity index (χ0n) is 9.10. The first kappa shape index (κ1) is 10.4. The molecule has 2 atom stereocenters. The maximum absolute atomic E-state index is 9.59. The molecule has 1 aromatic carbocycles. The number of nitrogens with zero attached hydrogens (tertiary/aromatic N) is 4. The van der Waals surface area contributed by atoms with Gasteiger partial charge in [0.15, 0.2) is 6.33 Å². The Morgan fingerprint density at radius 2 is 2.24 bits per heavy atom. The van der Waals surface area contributed by atoms with Gasteiger partial charge in [-0.25, -0.2) is 0 Å². The lowest BCUT2D eigenvalue weighted by Gasteiger charge is -2.46. The molecule has 1 aliphatic rings. The molecule has 1 N–H and O–H groups in total. The molecule has 1 saturated heterocycles. The van der Waals surface area contributed by atoms with Crippen molar-refractivity contribution in [3.05, 3.63) is 42.2 Å². The zero-order valence-corrected chi connectivity index (χ0v) is 9.10. The molecule has 1 aliphatic heterocycles. The highest BCUT2D eigenvalue weighted by atomic mass is 16.6. The van der Waals surface area contributed by atoms with E-state index in [9.17, 15) is 5.11 Å². The highest BCUT2D eigenvalue weighted by Crippen LogP contribution is 2.43. The highest BCUT2D eigenvalue weighted by Gasteiger charge is 2.52. The van der Waals surface area contributed by atoms with Crippen LogP contribution in [0.15, 0.2) is 36.7 Å². The lowest BCUT2D eigenvalue weighted by atomic mass is 9.85. The monoisotopic (exact) mass is 232 g/mol. The first-order valence-corrected chi connectivity index (χ1v) is 5.40. The third kappa shape index (κ3) is 1.45. The van der Waals surface area contributed by atoms with Crippen LogP contribution < -0.4 is 0 Å². The second-order valence-electron chi connectivity index (χ2n) is 4.00. The maximum Gasteiger partial charge on any atom is 0.213 e. The van der Waals surface area contributed by atoms with Crippen LogP contribution in [-0.2, 0) is 10.5 Å². The number of hydrogen-bond acceptors (Lipinski definition) is 5. The van der Waals surface area contributed by atoms with Crippen molar-refractivity contribution in [3.8, 4) is 0 Å². The van der Waals surface area contributed by atoms with E-state index in [1.165, 1.54) is 11.1 Å². The molecule has 0 unspecified atom stereocenters. The van der Waals surface area contributed by atoms with E-state index >= 15 is 0 Å². The Hall–Kier alpha value is -1.79. The molecule has 3 rings (SSSR count). The SMILES string of the molecule is OC[C@]1(n2ncnn2)OC[C@@H]1c1ccccc1. The van der Waals surface area contributed by atoms with Crippen LogP contribution >= 0.6 is 0 Å². The fourth-order valence-corrected chi connectivity index (χ4v) is 2.16. The molecule has 6 heteroatoms. The summed E-state index contributed by atoms with van der Waals surface area (Å²) in [5.41, 5.74) is 0.197. The fourth-order valence-electron chi connectivity index (χ4n) is 2.16. The molecule has 1 fully saturated rings. The van der Waals surface area contributed by atoms with Crippen molar-refractivity contribution in [2.45, 2.75) is 11.6 Å². The van der Waals surface area contributed by atoms with Gasteiger partial charge < -0.3 is 9.84 Å². The average Bonchev–Trinajstić information content (AvgIpc) is 2.85. The Bertz CT molecular complexity index is 483. The second-order valence-corrected chi connectivity index (χ2v) is 4.00. The molecule has 0 amide bonds. The number of aliphatic hydroxyl groups is 1. The quantitative estimate of drug-likeness (QED) is 0.814. The standard InChI is InChI=1S/C11H12N4O2/c16-7-11(15-13-8-12-14-15)10(6-17-11)9-4-2-1-3-5-9/h1-5,8,10,16H,6-7H2/t10-,11+/m1/s1. The first-order chi connectivity index (χ1) is 8.37. The van der Waals surface area contributed by atoms with E-state index in [-0.39, 0.29) is 12.5 Å². The molecule has 0 saturated carbocycles. The van der Waals surface area contributed by atoms with Crippen molar-refractivity contribution in [1.29, 1.82) is 0 Å². The average molecular weight is 232 g/mol. The molecule has 2 heterocycles. The van der Waals surface area contributed by atoms with E-state index in [2.05, 4.69) is 15.4 Å². The molecular weight excluding hydrogens is 220 g/mol. The predicted octanol–water partition coefficient (Wildman–Crippen LogP) is 0.132. The van der Waals surface area contributed by atoms with Gasteiger partial charge in [0.1, 0.15) is 0 Å². The maximum atomic E-state index is 9.59. The van der Waals surface area contributed by atoms with Crippen LogP contribution in [0.25, 0.3) is 0 Å². The van der Waals surface area contributed by atoms with Crippen molar-refractivity contribution in [1.82, 2.24) is 20.2 Å². The Morgan fingerprint density at radius 1 is 1.41 bits per heavy atom. The fraction of sp³-hybridized carbons (Fsp3) is 0.364. The van der Waals surface area contributed by atoms with Crippen molar-refractivity contribution >= 4 is 0 Å².